The van der Waals surface area contributed by atoms with Gasteiger partial charge in [-0.15, -0.1) is 0 Å². The Morgan fingerprint density at radius 1 is 1.00 bits per heavy atom. The van der Waals surface area contributed by atoms with Crippen molar-refractivity contribution >= 4 is 34.1 Å². The summed E-state index contributed by atoms with van der Waals surface area (Å²) in [4.78, 5) is 25.9. The maximum absolute atomic E-state index is 14.3. The third kappa shape index (κ3) is 9.85. The van der Waals surface area contributed by atoms with Crippen LogP contribution in [0.4, 0.5) is 9.18 Å². The van der Waals surface area contributed by atoms with Crippen LogP contribution in [-0.2, 0) is 19.0 Å². The van der Waals surface area contributed by atoms with Crippen LogP contribution >= 0.6 is 0 Å². The van der Waals surface area contributed by atoms with Gasteiger partial charge in [0, 0.05) is 18.5 Å². The zero-order chi connectivity index (χ0) is 36.4. The van der Waals surface area contributed by atoms with Crippen molar-refractivity contribution in [3.63, 3.8) is 0 Å². The van der Waals surface area contributed by atoms with Gasteiger partial charge in [0.15, 0.2) is 6.23 Å². The predicted molar refractivity (Wildman–Crippen MR) is 197 cm³/mol. The van der Waals surface area contributed by atoms with Gasteiger partial charge in [-0.1, -0.05) is 55.5 Å². The van der Waals surface area contributed by atoms with Crippen LogP contribution in [0.25, 0.3) is 22.0 Å². The Morgan fingerprint density at radius 3 is 2.41 bits per heavy atom. The van der Waals surface area contributed by atoms with Gasteiger partial charge in [0.05, 0.1) is 24.9 Å². The Bertz CT molecular complexity index is 1840. The smallest absolute Gasteiger partial charge is 0.410 e. The number of rotatable bonds is 13. The molecule has 1 aromatic heterocycles. The third-order valence-electron chi connectivity index (χ3n) is 8.48. The summed E-state index contributed by atoms with van der Waals surface area (Å²) in [7, 11) is 0. The van der Waals surface area contributed by atoms with E-state index in [1.807, 2.05) is 41.2 Å². The zero-order valence-electron chi connectivity index (χ0n) is 30.2. The highest BCUT2D eigenvalue weighted by Crippen LogP contribution is 2.37. The maximum atomic E-state index is 14.3. The summed E-state index contributed by atoms with van der Waals surface area (Å²) in [6.45, 7) is 9.83. The second kappa shape index (κ2) is 17.3. The number of benzene rings is 3. The van der Waals surface area contributed by atoms with E-state index in [1.165, 1.54) is 10.5 Å². The average molecular weight is 698 g/mol. The van der Waals surface area contributed by atoms with Gasteiger partial charge in [0.25, 0.3) is 0 Å². The summed E-state index contributed by atoms with van der Waals surface area (Å²) in [6.07, 6.45) is 6.22. The van der Waals surface area contributed by atoms with Crippen molar-refractivity contribution in [3.05, 3.63) is 108 Å². The van der Waals surface area contributed by atoms with Crippen molar-refractivity contribution in [1.29, 1.82) is 0 Å². The molecule has 4 aromatic rings. The minimum absolute atomic E-state index is 0.0429. The van der Waals surface area contributed by atoms with E-state index in [0.29, 0.717) is 5.75 Å². The number of esters is 1. The first-order valence-electron chi connectivity index (χ1n) is 17.7. The molecular formula is C41H48FN3O6. The van der Waals surface area contributed by atoms with Crippen LogP contribution in [0.3, 0.4) is 0 Å². The fourth-order valence-electron chi connectivity index (χ4n) is 6.08. The summed E-state index contributed by atoms with van der Waals surface area (Å²) in [5.74, 6) is -1.54. The quantitative estimate of drug-likeness (QED) is 0.0782. The molecule has 270 valence electrons. The number of nitrogens with zero attached hydrogens (tertiary/aromatic N) is 3. The van der Waals surface area contributed by atoms with Crippen LogP contribution in [0, 0.1) is 0 Å². The third-order valence-corrected chi connectivity index (χ3v) is 8.48. The molecule has 10 heteroatoms. The van der Waals surface area contributed by atoms with Gasteiger partial charge in [0.2, 0.25) is 5.83 Å². The van der Waals surface area contributed by atoms with Crippen molar-refractivity contribution in [3.8, 4) is 5.75 Å². The van der Waals surface area contributed by atoms with Crippen LogP contribution in [0.15, 0.2) is 90.9 Å². The molecule has 9 nitrogen and oxygen atoms in total. The van der Waals surface area contributed by atoms with Gasteiger partial charge >= 0.3 is 12.1 Å². The number of amides is 1. The zero-order valence-corrected chi connectivity index (χ0v) is 30.2. The highest BCUT2D eigenvalue weighted by molar-refractivity contribution is 6.00. The molecule has 0 aliphatic carbocycles. The molecule has 51 heavy (non-hydrogen) atoms. The van der Waals surface area contributed by atoms with Crippen molar-refractivity contribution in [2.45, 2.75) is 72.1 Å². The number of ether oxygens (including phenoxy) is 4. The van der Waals surface area contributed by atoms with Crippen molar-refractivity contribution < 1.29 is 32.9 Å². The summed E-state index contributed by atoms with van der Waals surface area (Å²) in [5, 5.41) is 5.77. The molecule has 1 amide bonds. The normalized spacial score (nSPS) is 15.6. The summed E-state index contributed by atoms with van der Waals surface area (Å²) in [5.41, 5.74) is 5.88. The van der Waals surface area contributed by atoms with E-state index < -0.39 is 23.5 Å². The molecule has 0 saturated carbocycles. The first kappa shape index (κ1) is 37.3. The lowest BCUT2D eigenvalue weighted by Crippen LogP contribution is -2.39. The summed E-state index contributed by atoms with van der Waals surface area (Å²) >= 11 is 0. The van der Waals surface area contributed by atoms with E-state index in [9.17, 15) is 14.0 Å². The summed E-state index contributed by atoms with van der Waals surface area (Å²) < 4.78 is 38.6. The number of allylic oxidation sites excluding steroid dienone is 1. The van der Waals surface area contributed by atoms with Crippen LogP contribution in [0.1, 0.15) is 83.2 Å². The molecule has 1 fully saturated rings. The Kier molecular flexibility index (Phi) is 12.7. The van der Waals surface area contributed by atoms with Gasteiger partial charge in [-0.05, 0) is 112 Å². The number of carbonyl (C=O) groups is 2. The molecule has 1 saturated heterocycles. The van der Waals surface area contributed by atoms with Gasteiger partial charge in [-0.25, -0.2) is 14.3 Å². The Hall–Kier alpha value is -4.96. The minimum Gasteiger partial charge on any atom is -0.492 e. The molecular weight excluding hydrogens is 649 g/mol. The van der Waals surface area contributed by atoms with E-state index in [1.54, 1.807) is 27.7 Å². The fourth-order valence-corrected chi connectivity index (χ4v) is 6.08. The van der Waals surface area contributed by atoms with Crippen molar-refractivity contribution in [2.75, 3.05) is 32.9 Å². The van der Waals surface area contributed by atoms with Gasteiger partial charge in [-0.3, -0.25) is 0 Å². The van der Waals surface area contributed by atoms with Crippen molar-refractivity contribution in [1.82, 2.24) is 14.7 Å². The molecule has 0 bridgehead atoms. The molecule has 0 spiro atoms. The molecule has 5 rings (SSSR count). The Balaban J connectivity index is 1.38. The monoisotopic (exact) mass is 697 g/mol. The van der Waals surface area contributed by atoms with E-state index in [2.05, 4.69) is 49.4 Å². The molecule has 3 aromatic carbocycles. The largest absolute Gasteiger partial charge is 0.492 e. The van der Waals surface area contributed by atoms with E-state index >= 15 is 0 Å². The number of carbonyl (C=O) groups excluding carboxylic acids is 2. The molecule has 1 atom stereocenters. The van der Waals surface area contributed by atoms with Crippen LogP contribution < -0.4 is 4.74 Å². The van der Waals surface area contributed by atoms with Gasteiger partial charge in [0.1, 0.15) is 18.0 Å². The average Bonchev–Trinajstić information content (AvgIpc) is 3.55. The Labute approximate surface area is 299 Å². The lowest BCUT2D eigenvalue weighted by Gasteiger charge is -2.26. The number of hydrogen-bond donors (Lipinski definition) is 0. The lowest BCUT2D eigenvalue weighted by atomic mass is 9.88. The molecule has 0 radical (unpaired) electrons. The van der Waals surface area contributed by atoms with Crippen LogP contribution in [0.5, 0.6) is 5.75 Å². The van der Waals surface area contributed by atoms with Gasteiger partial charge in [-0.2, -0.15) is 9.49 Å². The minimum atomic E-state index is -1.08. The molecule has 1 aliphatic rings. The second-order valence-corrected chi connectivity index (χ2v) is 13.3. The topological polar surface area (TPSA) is 92.1 Å². The van der Waals surface area contributed by atoms with E-state index in [0.717, 1.165) is 71.5 Å². The molecule has 1 aliphatic heterocycles. The summed E-state index contributed by atoms with van der Waals surface area (Å²) in [6, 6.07) is 24.8. The van der Waals surface area contributed by atoms with E-state index in [-0.39, 0.29) is 32.5 Å². The first-order chi connectivity index (χ1) is 24.6. The second-order valence-electron chi connectivity index (χ2n) is 13.3. The molecule has 2 heterocycles. The first-order valence-corrected chi connectivity index (χ1v) is 17.7. The molecule has 0 N–H and O–H groups in total. The standard InChI is InChI=1S/C41H48FN3O6/c1-6-34(29-13-9-8-10-14-29)38(31-18-21-36-32(27-31)28-43-45(36)37-15-11-12-25-50-37)30-16-19-33(20-17-30)49-26-24-44(40(47)51-41(3,4)5)23-22-35(42)39(46)48-7-2/h8-10,13-14,16-22,27-28,37H,6-7,11-12,15,23-26H2,1-5H3/b35-22-,38-34+. The van der Waals surface area contributed by atoms with Crippen LogP contribution in [0.2, 0.25) is 0 Å². The van der Waals surface area contributed by atoms with Crippen molar-refractivity contribution in [2.24, 2.45) is 0 Å². The fraction of sp³-hybridized carbons (Fsp3) is 0.390. The van der Waals surface area contributed by atoms with Gasteiger partial charge < -0.3 is 23.8 Å². The number of aromatic nitrogens is 2. The predicted octanol–water partition coefficient (Wildman–Crippen LogP) is 9.14. The number of halogens is 1. The Morgan fingerprint density at radius 2 is 1.75 bits per heavy atom. The number of hydrogen-bond acceptors (Lipinski definition) is 7. The van der Waals surface area contributed by atoms with E-state index in [4.69, 9.17) is 24.0 Å². The highest BCUT2D eigenvalue weighted by atomic mass is 19.1. The number of fused-ring (bicyclic) bond motifs is 1. The lowest BCUT2D eigenvalue weighted by molar-refractivity contribution is -0.140. The van der Waals surface area contributed by atoms with Crippen LogP contribution in [-0.4, -0.2) is 65.3 Å². The molecule has 1 unspecified atom stereocenters. The maximum Gasteiger partial charge on any atom is 0.410 e. The highest BCUT2D eigenvalue weighted by Gasteiger charge is 2.23. The SMILES string of the molecule is CCOC(=O)/C(F)=C/CN(CCOc1ccc(/C(=C(/CC)c2ccccc2)c2ccc3c(cnn3C3CCCCO3)c2)cc1)C(=O)OC(C)(C)C.